The third-order valence-electron chi connectivity index (χ3n) is 0.976. The van der Waals surface area contributed by atoms with Crippen molar-refractivity contribution in [3.63, 3.8) is 0 Å². The normalized spacial score (nSPS) is 9.18. The van der Waals surface area contributed by atoms with Gasteiger partial charge in [-0.25, -0.2) is 0 Å². The summed E-state index contributed by atoms with van der Waals surface area (Å²) < 4.78 is 0. The summed E-state index contributed by atoms with van der Waals surface area (Å²) in [6.07, 6.45) is 4.58. The van der Waals surface area contributed by atoms with E-state index < -0.39 is 0 Å². The summed E-state index contributed by atoms with van der Waals surface area (Å²) in [5.74, 6) is 0. The zero-order valence-electron chi connectivity index (χ0n) is 7.65. The van der Waals surface area contributed by atoms with E-state index in [0.29, 0.717) is 0 Å². The van der Waals surface area contributed by atoms with Gasteiger partial charge in [-0.05, 0) is 18.6 Å². The van der Waals surface area contributed by atoms with Crippen molar-refractivity contribution in [3.05, 3.63) is 36.5 Å². The zero-order chi connectivity index (χ0) is 9.28. The van der Waals surface area contributed by atoms with E-state index in [-0.39, 0.29) is 0 Å². The lowest BCUT2D eigenvalue weighted by Crippen LogP contribution is -1.77. The van der Waals surface area contributed by atoms with E-state index in [2.05, 4.69) is 13.2 Å². The van der Waals surface area contributed by atoms with Crippen LogP contribution in [0.4, 0.5) is 0 Å². The van der Waals surface area contributed by atoms with Crippen molar-refractivity contribution in [2.24, 2.45) is 0 Å². The second-order valence-electron chi connectivity index (χ2n) is 1.77. The van der Waals surface area contributed by atoms with Crippen molar-refractivity contribution >= 4 is 6.21 Å². The van der Waals surface area contributed by atoms with Crippen molar-refractivity contribution in [2.75, 3.05) is 0 Å². The molecule has 0 radical (unpaired) electrons. The zero-order valence-corrected chi connectivity index (χ0v) is 7.65. The van der Waals surface area contributed by atoms with E-state index >= 15 is 0 Å². The molecule has 0 amide bonds. The average molecular weight is 151 g/mol. The molecule has 0 atom stereocenters. The Morgan fingerprint density at radius 1 is 1.36 bits per heavy atom. The SMILES string of the molecule is C=C/C(=C/C=N)C(=C)C.CC. The summed E-state index contributed by atoms with van der Waals surface area (Å²) in [6.45, 7) is 13.2. The van der Waals surface area contributed by atoms with Crippen LogP contribution in [0, 0.1) is 5.41 Å². The Morgan fingerprint density at radius 3 is 1.91 bits per heavy atom. The molecule has 62 valence electrons. The summed E-state index contributed by atoms with van der Waals surface area (Å²) >= 11 is 0. The third kappa shape index (κ3) is 6.78. The highest BCUT2D eigenvalue weighted by molar-refractivity contribution is 5.71. The second kappa shape index (κ2) is 8.89. The Balaban J connectivity index is 0. The molecule has 1 nitrogen and oxygen atoms in total. The van der Waals surface area contributed by atoms with Crippen LogP contribution in [-0.4, -0.2) is 6.21 Å². The lowest BCUT2D eigenvalue weighted by Gasteiger charge is -1.94. The highest BCUT2D eigenvalue weighted by Crippen LogP contribution is 2.05. The van der Waals surface area contributed by atoms with Gasteiger partial charge in [0.2, 0.25) is 0 Å². The monoisotopic (exact) mass is 151 g/mol. The van der Waals surface area contributed by atoms with Crippen LogP contribution in [0.15, 0.2) is 36.5 Å². The number of rotatable bonds is 3. The fourth-order valence-electron chi connectivity index (χ4n) is 0.474. The highest BCUT2D eigenvalue weighted by atomic mass is 14.3. The van der Waals surface area contributed by atoms with Crippen LogP contribution in [-0.2, 0) is 0 Å². The van der Waals surface area contributed by atoms with E-state index in [1.807, 2.05) is 20.8 Å². The first-order valence-corrected chi connectivity index (χ1v) is 3.71. The Hall–Kier alpha value is -1.11. The second-order valence-corrected chi connectivity index (χ2v) is 1.77. The van der Waals surface area contributed by atoms with E-state index in [9.17, 15) is 0 Å². The summed E-state index contributed by atoms with van der Waals surface area (Å²) in [6, 6.07) is 0. The number of hydrogen-bond acceptors (Lipinski definition) is 1. The predicted octanol–water partition coefficient (Wildman–Crippen LogP) is 3.35. The Kier molecular flexibility index (Phi) is 10.1. The molecule has 1 N–H and O–H groups in total. The maximum Gasteiger partial charge on any atom is 0.0183 e. The molecular weight excluding hydrogens is 134 g/mol. The van der Waals surface area contributed by atoms with Gasteiger partial charge in [0.15, 0.2) is 0 Å². The number of hydrogen-bond donors (Lipinski definition) is 1. The maximum atomic E-state index is 6.74. The molecule has 0 aliphatic carbocycles. The van der Waals surface area contributed by atoms with E-state index in [4.69, 9.17) is 5.41 Å². The van der Waals surface area contributed by atoms with Crippen LogP contribution >= 0.6 is 0 Å². The topological polar surface area (TPSA) is 23.9 Å². The van der Waals surface area contributed by atoms with Crippen LogP contribution in [0.1, 0.15) is 20.8 Å². The number of allylic oxidation sites excluding steroid dienone is 4. The minimum atomic E-state index is 0.921. The standard InChI is InChI=1S/C8H11N.C2H6/c1-4-8(5-6-9)7(2)3;1-2/h4-6,9H,1-2H2,3H3;1-2H3/b8-5-,9-6?;. The van der Waals surface area contributed by atoms with Crippen molar-refractivity contribution < 1.29 is 0 Å². The van der Waals surface area contributed by atoms with Gasteiger partial charge in [0.05, 0.1) is 0 Å². The predicted molar refractivity (Wildman–Crippen MR) is 53.2 cm³/mol. The molecule has 1 heteroatoms. The van der Waals surface area contributed by atoms with Crippen LogP contribution in [0.5, 0.6) is 0 Å². The summed E-state index contributed by atoms with van der Waals surface area (Å²) in [7, 11) is 0. The maximum absolute atomic E-state index is 6.74. The fraction of sp³-hybridized carbons (Fsp3) is 0.300. The van der Waals surface area contributed by atoms with Gasteiger partial charge in [0.25, 0.3) is 0 Å². The molecule has 0 aromatic rings. The summed E-state index contributed by atoms with van der Waals surface area (Å²) in [5.41, 5.74) is 1.86. The van der Waals surface area contributed by atoms with Crippen LogP contribution < -0.4 is 0 Å². The molecule has 0 fully saturated rings. The van der Waals surface area contributed by atoms with Crippen LogP contribution in [0.2, 0.25) is 0 Å². The van der Waals surface area contributed by atoms with Crippen molar-refractivity contribution in [1.29, 1.82) is 5.41 Å². The molecule has 0 rings (SSSR count). The van der Waals surface area contributed by atoms with E-state index in [1.165, 1.54) is 6.21 Å². The number of nitrogens with one attached hydrogen (secondary N) is 1. The lowest BCUT2D eigenvalue weighted by atomic mass is 10.1. The van der Waals surface area contributed by atoms with Crippen molar-refractivity contribution in [1.82, 2.24) is 0 Å². The van der Waals surface area contributed by atoms with Crippen molar-refractivity contribution in [3.8, 4) is 0 Å². The molecule has 0 spiro atoms. The van der Waals surface area contributed by atoms with E-state index in [0.717, 1.165) is 11.1 Å². The first-order chi connectivity index (χ1) is 5.22. The van der Waals surface area contributed by atoms with Gasteiger partial charge in [-0.3, -0.25) is 0 Å². The Labute approximate surface area is 69.6 Å². The fourth-order valence-corrected chi connectivity index (χ4v) is 0.474. The molecular formula is C10H17N. The molecule has 0 aromatic carbocycles. The Morgan fingerprint density at radius 2 is 1.82 bits per heavy atom. The van der Waals surface area contributed by atoms with Gasteiger partial charge in [0, 0.05) is 6.21 Å². The lowest BCUT2D eigenvalue weighted by molar-refractivity contribution is 1.46. The van der Waals surface area contributed by atoms with Gasteiger partial charge in [-0.2, -0.15) is 0 Å². The molecule has 0 heterocycles. The quantitative estimate of drug-likeness (QED) is 0.472. The minimum absolute atomic E-state index is 0.921. The minimum Gasteiger partial charge on any atom is -0.309 e. The summed E-state index contributed by atoms with van der Waals surface area (Å²) in [5, 5.41) is 6.74. The van der Waals surface area contributed by atoms with Gasteiger partial charge in [0.1, 0.15) is 0 Å². The first kappa shape index (κ1) is 12.6. The van der Waals surface area contributed by atoms with Gasteiger partial charge in [-0.1, -0.05) is 38.7 Å². The molecule has 0 saturated carbocycles. The average Bonchev–Trinajstić information content (AvgIpc) is 2.03. The Bertz CT molecular complexity index is 164. The highest BCUT2D eigenvalue weighted by Gasteiger charge is 1.86. The summed E-state index contributed by atoms with van der Waals surface area (Å²) in [4.78, 5) is 0. The van der Waals surface area contributed by atoms with Crippen molar-refractivity contribution in [2.45, 2.75) is 20.8 Å². The molecule has 0 saturated heterocycles. The van der Waals surface area contributed by atoms with Crippen LogP contribution in [0.25, 0.3) is 0 Å². The van der Waals surface area contributed by atoms with Gasteiger partial charge < -0.3 is 5.41 Å². The third-order valence-corrected chi connectivity index (χ3v) is 0.976. The van der Waals surface area contributed by atoms with Gasteiger partial charge >= 0.3 is 0 Å². The molecule has 11 heavy (non-hydrogen) atoms. The molecule has 0 aromatic heterocycles. The van der Waals surface area contributed by atoms with Crippen LogP contribution in [0.3, 0.4) is 0 Å². The van der Waals surface area contributed by atoms with E-state index in [1.54, 1.807) is 12.2 Å². The molecule has 0 unspecified atom stereocenters. The first-order valence-electron chi connectivity index (χ1n) is 3.71. The molecule has 0 aliphatic rings. The smallest absolute Gasteiger partial charge is 0.0183 e. The largest absolute Gasteiger partial charge is 0.309 e. The molecule has 0 bridgehead atoms. The van der Waals surface area contributed by atoms with Gasteiger partial charge in [-0.15, -0.1) is 0 Å². The molecule has 0 aliphatic heterocycles.